The molecule has 0 bridgehead atoms. The number of para-hydroxylation sites is 1. The van der Waals surface area contributed by atoms with Gasteiger partial charge in [-0.25, -0.2) is 4.79 Å². The van der Waals surface area contributed by atoms with Crippen molar-refractivity contribution in [1.82, 2.24) is 4.57 Å². The number of aromatic carboxylic acids is 1. The highest BCUT2D eigenvalue weighted by molar-refractivity contribution is 5.93. The molecule has 1 N–H and O–H groups in total. The number of hydrogen-bond acceptors (Lipinski definition) is 4. The van der Waals surface area contributed by atoms with Crippen LogP contribution in [-0.2, 0) is 16.0 Å². The summed E-state index contributed by atoms with van der Waals surface area (Å²) in [6.07, 6.45) is 0.649. The molecule has 1 aromatic heterocycles. The predicted molar refractivity (Wildman–Crippen MR) is 114 cm³/mol. The number of aromatic nitrogens is 1. The van der Waals surface area contributed by atoms with E-state index < -0.39 is 5.97 Å². The van der Waals surface area contributed by atoms with Crippen LogP contribution in [-0.4, -0.2) is 35.3 Å². The molecule has 156 valence electrons. The lowest BCUT2D eigenvalue weighted by molar-refractivity contribution is -0.143. The standard InChI is InChI=1S/C24H25NO5/c1-4-30-22(26)15-11-18-10-14-21(17-8-12-19(29-3)13-9-17)25(18)23-16(2)6-5-7-20(23)24(27)28/h5-10,12-14H,4,11,15H2,1-3H3,(H,27,28). The van der Waals surface area contributed by atoms with Gasteiger partial charge in [-0.05, 0) is 73.9 Å². The summed E-state index contributed by atoms with van der Waals surface area (Å²) in [5.41, 5.74) is 4.23. The molecular formula is C24H25NO5. The van der Waals surface area contributed by atoms with Crippen LogP contribution in [0.2, 0.25) is 0 Å². The van der Waals surface area contributed by atoms with Crippen LogP contribution in [0.1, 0.15) is 35.0 Å². The Labute approximate surface area is 175 Å². The van der Waals surface area contributed by atoms with Crippen molar-refractivity contribution in [2.75, 3.05) is 13.7 Å². The van der Waals surface area contributed by atoms with E-state index in [4.69, 9.17) is 9.47 Å². The molecule has 0 fully saturated rings. The lowest BCUT2D eigenvalue weighted by Crippen LogP contribution is -2.12. The number of carbonyl (C=O) groups excluding carboxylic acids is 1. The Hall–Kier alpha value is -3.54. The zero-order chi connectivity index (χ0) is 21.7. The van der Waals surface area contributed by atoms with Crippen molar-refractivity contribution >= 4 is 11.9 Å². The highest BCUT2D eigenvalue weighted by Gasteiger charge is 2.20. The molecule has 0 unspecified atom stereocenters. The van der Waals surface area contributed by atoms with E-state index >= 15 is 0 Å². The Balaban J connectivity index is 2.16. The minimum Gasteiger partial charge on any atom is -0.497 e. The van der Waals surface area contributed by atoms with Crippen molar-refractivity contribution in [3.8, 4) is 22.7 Å². The molecule has 6 nitrogen and oxygen atoms in total. The van der Waals surface area contributed by atoms with E-state index in [-0.39, 0.29) is 18.0 Å². The first kappa shape index (κ1) is 21.2. The number of methoxy groups -OCH3 is 1. The van der Waals surface area contributed by atoms with E-state index in [0.717, 1.165) is 28.3 Å². The first-order valence-corrected chi connectivity index (χ1v) is 9.80. The van der Waals surface area contributed by atoms with Gasteiger partial charge in [-0.3, -0.25) is 4.79 Å². The van der Waals surface area contributed by atoms with Gasteiger partial charge < -0.3 is 19.1 Å². The average molecular weight is 407 g/mol. The fourth-order valence-electron chi connectivity index (χ4n) is 3.52. The highest BCUT2D eigenvalue weighted by Crippen LogP contribution is 2.32. The molecule has 6 heteroatoms. The number of hydrogen-bond donors (Lipinski definition) is 1. The topological polar surface area (TPSA) is 77.8 Å². The third-order valence-electron chi connectivity index (χ3n) is 4.93. The van der Waals surface area contributed by atoms with Gasteiger partial charge in [-0.15, -0.1) is 0 Å². The number of nitrogens with zero attached hydrogens (tertiary/aromatic N) is 1. The first-order valence-electron chi connectivity index (χ1n) is 9.80. The van der Waals surface area contributed by atoms with Gasteiger partial charge in [-0.2, -0.15) is 0 Å². The molecule has 3 aromatic rings. The number of carbonyl (C=O) groups is 2. The van der Waals surface area contributed by atoms with Crippen LogP contribution in [0.3, 0.4) is 0 Å². The van der Waals surface area contributed by atoms with E-state index in [9.17, 15) is 14.7 Å². The third kappa shape index (κ3) is 4.38. The summed E-state index contributed by atoms with van der Waals surface area (Å²) in [5.74, 6) is -0.541. The largest absolute Gasteiger partial charge is 0.497 e. The maximum atomic E-state index is 12.0. The Morgan fingerprint density at radius 3 is 2.40 bits per heavy atom. The Morgan fingerprint density at radius 2 is 1.77 bits per heavy atom. The van der Waals surface area contributed by atoms with Crippen LogP contribution in [0.5, 0.6) is 5.75 Å². The molecular weight excluding hydrogens is 382 g/mol. The number of aryl methyl sites for hydroxylation is 2. The number of esters is 1. The fourth-order valence-corrected chi connectivity index (χ4v) is 3.52. The molecule has 0 spiro atoms. The van der Waals surface area contributed by atoms with Gasteiger partial charge >= 0.3 is 11.9 Å². The lowest BCUT2D eigenvalue weighted by atomic mass is 10.1. The smallest absolute Gasteiger partial charge is 0.337 e. The van der Waals surface area contributed by atoms with E-state index in [1.165, 1.54) is 0 Å². The quantitative estimate of drug-likeness (QED) is 0.550. The van der Waals surface area contributed by atoms with Crippen molar-refractivity contribution in [2.24, 2.45) is 0 Å². The zero-order valence-electron chi connectivity index (χ0n) is 17.3. The Bertz CT molecular complexity index is 1050. The summed E-state index contributed by atoms with van der Waals surface area (Å²) in [5, 5.41) is 9.79. The number of ether oxygens (including phenoxy) is 2. The van der Waals surface area contributed by atoms with Crippen LogP contribution in [0.15, 0.2) is 54.6 Å². The maximum Gasteiger partial charge on any atom is 0.337 e. The molecule has 1 heterocycles. The summed E-state index contributed by atoms with van der Waals surface area (Å²) < 4.78 is 12.2. The summed E-state index contributed by atoms with van der Waals surface area (Å²) >= 11 is 0. The zero-order valence-corrected chi connectivity index (χ0v) is 17.3. The molecule has 2 aromatic carbocycles. The van der Waals surface area contributed by atoms with Gasteiger partial charge in [0.25, 0.3) is 0 Å². The molecule has 0 amide bonds. The fraction of sp³-hybridized carbons (Fsp3) is 0.250. The van der Waals surface area contributed by atoms with Gasteiger partial charge in [0.05, 0.1) is 37.1 Å². The Kier molecular flexibility index (Phi) is 6.57. The van der Waals surface area contributed by atoms with Gasteiger partial charge in [0, 0.05) is 5.69 Å². The minimum absolute atomic E-state index is 0.207. The molecule has 0 radical (unpaired) electrons. The second-order valence-electron chi connectivity index (χ2n) is 6.86. The predicted octanol–water partition coefficient (Wildman–Crippen LogP) is 4.66. The van der Waals surface area contributed by atoms with Crippen molar-refractivity contribution in [3.63, 3.8) is 0 Å². The monoisotopic (exact) mass is 407 g/mol. The molecule has 0 saturated carbocycles. The summed E-state index contributed by atoms with van der Waals surface area (Å²) in [6, 6.07) is 16.7. The van der Waals surface area contributed by atoms with Crippen LogP contribution in [0.4, 0.5) is 0 Å². The maximum absolute atomic E-state index is 12.0. The van der Waals surface area contributed by atoms with Crippen LogP contribution >= 0.6 is 0 Å². The van der Waals surface area contributed by atoms with E-state index in [1.54, 1.807) is 26.2 Å². The molecule has 0 saturated heterocycles. The van der Waals surface area contributed by atoms with Crippen molar-refractivity contribution in [1.29, 1.82) is 0 Å². The van der Waals surface area contributed by atoms with Gasteiger partial charge in [0.1, 0.15) is 5.75 Å². The second kappa shape index (κ2) is 9.31. The number of rotatable bonds is 8. The summed E-state index contributed by atoms with van der Waals surface area (Å²) in [7, 11) is 1.61. The second-order valence-corrected chi connectivity index (χ2v) is 6.86. The SMILES string of the molecule is CCOC(=O)CCc1ccc(-c2ccc(OC)cc2)n1-c1c(C)cccc1C(=O)O. The van der Waals surface area contributed by atoms with Gasteiger partial charge in [0.15, 0.2) is 0 Å². The van der Waals surface area contributed by atoms with Crippen molar-refractivity contribution in [3.05, 3.63) is 71.4 Å². The van der Waals surface area contributed by atoms with E-state index in [1.807, 2.05) is 54.0 Å². The number of carboxylic acid groups (broad SMARTS) is 1. The summed E-state index contributed by atoms with van der Waals surface area (Å²) in [6.45, 7) is 3.99. The van der Waals surface area contributed by atoms with Crippen molar-refractivity contribution in [2.45, 2.75) is 26.7 Å². The number of benzene rings is 2. The lowest BCUT2D eigenvalue weighted by Gasteiger charge is -2.18. The molecule has 0 aliphatic carbocycles. The number of carboxylic acids is 1. The molecule has 0 atom stereocenters. The average Bonchev–Trinajstić information content (AvgIpc) is 3.15. The minimum atomic E-state index is -1.00. The highest BCUT2D eigenvalue weighted by atomic mass is 16.5. The van der Waals surface area contributed by atoms with Crippen LogP contribution in [0, 0.1) is 6.92 Å². The third-order valence-corrected chi connectivity index (χ3v) is 4.93. The molecule has 30 heavy (non-hydrogen) atoms. The van der Waals surface area contributed by atoms with E-state index in [0.29, 0.717) is 18.7 Å². The Morgan fingerprint density at radius 1 is 1.03 bits per heavy atom. The van der Waals surface area contributed by atoms with E-state index in [2.05, 4.69) is 0 Å². The van der Waals surface area contributed by atoms with Crippen molar-refractivity contribution < 1.29 is 24.2 Å². The summed E-state index contributed by atoms with van der Waals surface area (Å²) in [4.78, 5) is 23.9. The van der Waals surface area contributed by atoms with Crippen LogP contribution < -0.4 is 4.74 Å². The normalized spacial score (nSPS) is 10.6. The van der Waals surface area contributed by atoms with Crippen LogP contribution in [0.25, 0.3) is 16.9 Å². The van der Waals surface area contributed by atoms with Gasteiger partial charge in [-0.1, -0.05) is 12.1 Å². The molecule has 0 aliphatic rings. The van der Waals surface area contributed by atoms with Gasteiger partial charge in [0.2, 0.25) is 0 Å². The molecule has 3 rings (SSSR count). The first-order chi connectivity index (χ1) is 14.5. The molecule has 0 aliphatic heterocycles.